The van der Waals surface area contributed by atoms with E-state index in [0.29, 0.717) is 0 Å². The molecule has 1 spiro atoms. The summed E-state index contributed by atoms with van der Waals surface area (Å²) in [5, 5.41) is 33.5. The zero-order valence-corrected chi connectivity index (χ0v) is 11.4. The van der Waals surface area contributed by atoms with Crippen LogP contribution < -0.4 is 27.5 Å². The number of ether oxygens (including phenoxy) is 1. The highest BCUT2D eigenvalue weighted by Gasteiger charge is 2.76. The van der Waals surface area contributed by atoms with Crippen molar-refractivity contribution >= 4 is 18.0 Å². The van der Waals surface area contributed by atoms with E-state index in [9.17, 15) is 20.1 Å². The SMILES string of the molecule is NC(=O)OC[C@@H]1N=C(N)N2C[C@H](O)C(O)(O)[C@@]23NC(N)=[NH+][C@@H]13. The second kappa shape index (κ2) is 4.34. The molecule has 22 heavy (non-hydrogen) atoms. The number of guanidine groups is 2. The van der Waals surface area contributed by atoms with Gasteiger partial charge in [-0.1, -0.05) is 0 Å². The smallest absolute Gasteiger partial charge is 0.404 e. The van der Waals surface area contributed by atoms with Gasteiger partial charge in [-0.15, -0.1) is 0 Å². The van der Waals surface area contributed by atoms with E-state index in [1.165, 1.54) is 4.90 Å². The van der Waals surface area contributed by atoms with Crippen LogP contribution in [0.15, 0.2) is 4.99 Å². The van der Waals surface area contributed by atoms with Crippen molar-refractivity contribution in [1.82, 2.24) is 10.2 Å². The van der Waals surface area contributed by atoms with E-state index >= 15 is 0 Å². The maximum atomic E-state index is 10.8. The summed E-state index contributed by atoms with van der Waals surface area (Å²) in [6, 6.07) is -1.62. The monoisotopic (exact) mass is 316 g/mol. The number of nitrogens with two attached hydrogens (primary N) is 3. The van der Waals surface area contributed by atoms with Crippen molar-refractivity contribution in [2.75, 3.05) is 13.2 Å². The first-order valence-corrected chi connectivity index (χ1v) is 6.53. The molecule has 3 aliphatic heterocycles. The summed E-state index contributed by atoms with van der Waals surface area (Å²) in [7, 11) is 0. The van der Waals surface area contributed by atoms with Crippen molar-refractivity contribution in [2.45, 2.75) is 29.6 Å². The predicted molar refractivity (Wildman–Crippen MR) is 70.6 cm³/mol. The topological polar surface area (TPSA) is 207 Å². The minimum atomic E-state index is -2.57. The normalized spacial score (nSPS) is 38.5. The van der Waals surface area contributed by atoms with Crippen LogP contribution in [0.4, 0.5) is 4.79 Å². The number of carbonyl (C=O) groups is 1. The molecule has 1 saturated heterocycles. The Morgan fingerprint density at radius 2 is 2.23 bits per heavy atom. The fourth-order valence-corrected chi connectivity index (χ4v) is 3.31. The van der Waals surface area contributed by atoms with E-state index in [1.807, 2.05) is 0 Å². The molecule has 3 heterocycles. The number of aliphatic imine (C=N–C) groups is 1. The third-order valence-corrected chi connectivity index (χ3v) is 4.25. The summed E-state index contributed by atoms with van der Waals surface area (Å²) in [5.41, 5.74) is 14.9. The molecule has 0 aliphatic carbocycles. The number of aliphatic hydroxyl groups is 3. The van der Waals surface area contributed by atoms with Gasteiger partial charge >= 0.3 is 12.1 Å². The molecular weight excluding hydrogens is 298 g/mol. The Kier molecular flexibility index (Phi) is 2.89. The van der Waals surface area contributed by atoms with Crippen LogP contribution in [-0.2, 0) is 4.74 Å². The summed E-state index contributed by atoms with van der Waals surface area (Å²) in [5.74, 6) is -2.58. The van der Waals surface area contributed by atoms with Crippen molar-refractivity contribution < 1.29 is 29.8 Å². The van der Waals surface area contributed by atoms with Crippen LogP contribution in [0.1, 0.15) is 0 Å². The van der Waals surface area contributed by atoms with Crippen LogP contribution in [0.25, 0.3) is 0 Å². The van der Waals surface area contributed by atoms with Gasteiger partial charge in [-0.3, -0.25) is 15.6 Å². The molecule has 3 aliphatic rings. The maximum absolute atomic E-state index is 10.8. The third kappa shape index (κ3) is 1.65. The predicted octanol–water partition coefficient (Wildman–Crippen LogP) is -6.80. The number of amides is 1. The Morgan fingerprint density at radius 3 is 2.86 bits per heavy atom. The lowest BCUT2D eigenvalue weighted by atomic mass is 9.86. The minimum absolute atomic E-state index is 0.0468. The van der Waals surface area contributed by atoms with E-state index < -0.39 is 35.7 Å². The number of primary amides is 1. The van der Waals surface area contributed by atoms with E-state index in [0.717, 1.165) is 0 Å². The quantitative estimate of drug-likeness (QED) is 0.227. The van der Waals surface area contributed by atoms with Gasteiger partial charge in [0, 0.05) is 0 Å². The van der Waals surface area contributed by atoms with Gasteiger partial charge < -0.3 is 31.5 Å². The van der Waals surface area contributed by atoms with Gasteiger partial charge in [0.25, 0.3) is 11.4 Å². The van der Waals surface area contributed by atoms with E-state index in [2.05, 4.69) is 15.3 Å². The lowest BCUT2D eigenvalue weighted by Gasteiger charge is -2.45. The average molecular weight is 316 g/mol. The number of hydrogen-bond donors (Lipinski definition) is 8. The molecule has 3 rings (SSSR count). The zero-order chi connectivity index (χ0) is 16.3. The maximum Gasteiger partial charge on any atom is 0.404 e. The van der Waals surface area contributed by atoms with Gasteiger partial charge in [0.05, 0.1) is 6.54 Å². The Bertz CT molecular complexity index is 578. The molecule has 12 nitrogen and oxygen atoms in total. The standard InChI is InChI=1S/C10H17N7O5/c11-6-15-5-3(2-22-8(13)19)14-7(12)17-1-4(18)10(20,21)9(5,17)16-6/h3-5,18,20-21H,1-2H2,(H2,12,14)(H2,13,19)(H3,11,15,16)/p+1/t3-,4-,5-,9-/m0/s1. The Morgan fingerprint density at radius 1 is 1.55 bits per heavy atom. The highest BCUT2D eigenvalue weighted by molar-refractivity contribution is 5.84. The Hall–Kier alpha value is -2.31. The summed E-state index contributed by atoms with van der Waals surface area (Å²) in [6.45, 7) is -0.408. The molecule has 0 saturated carbocycles. The molecule has 122 valence electrons. The Balaban J connectivity index is 2.04. The molecule has 0 bridgehead atoms. The summed E-state index contributed by atoms with van der Waals surface area (Å²) in [6.07, 6.45) is -2.52. The third-order valence-electron chi connectivity index (χ3n) is 4.25. The summed E-state index contributed by atoms with van der Waals surface area (Å²) < 4.78 is 4.73. The number of rotatable bonds is 2. The number of nitrogens with one attached hydrogen (secondary N) is 2. The van der Waals surface area contributed by atoms with Crippen molar-refractivity contribution in [3.8, 4) is 0 Å². The average Bonchev–Trinajstić information content (AvgIpc) is 2.86. The molecular formula is C10H18N7O5+. The second-order valence-electron chi connectivity index (χ2n) is 5.46. The summed E-state index contributed by atoms with van der Waals surface area (Å²) >= 11 is 0. The molecule has 1 fully saturated rings. The molecule has 12 heteroatoms. The molecule has 0 radical (unpaired) electrons. The van der Waals surface area contributed by atoms with Crippen LogP contribution in [0.3, 0.4) is 0 Å². The van der Waals surface area contributed by atoms with E-state index in [4.69, 9.17) is 21.9 Å². The lowest BCUT2D eigenvalue weighted by molar-refractivity contribution is -0.523. The number of nitrogens with zero attached hydrogens (tertiary/aromatic N) is 2. The number of aliphatic hydroxyl groups excluding tert-OH is 1. The largest absolute Gasteiger partial charge is 0.447 e. The molecule has 0 aromatic rings. The van der Waals surface area contributed by atoms with Crippen LogP contribution >= 0.6 is 0 Å². The molecule has 0 unspecified atom stereocenters. The number of carbonyl (C=O) groups excluding carboxylic acids is 1. The van der Waals surface area contributed by atoms with Crippen LogP contribution in [0, 0.1) is 0 Å². The molecule has 11 N–H and O–H groups in total. The molecule has 0 aromatic heterocycles. The number of hydrogen-bond acceptors (Lipinski definition) is 10. The van der Waals surface area contributed by atoms with Gasteiger partial charge in [-0.05, 0) is 0 Å². The van der Waals surface area contributed by atoms with Gasteiger partial charge in [-0.25, -0.2) is 15.1 Å². The van der Waals surface area contributed by atoms with Crippen molar-refractivity contribution in [3.63, 3.8) is 0 Å². The zero-order valence-electron chi connectivity index (χ0n) is 11.4. The highest BCUT2D eigenvalue weighted by Crippen LogP contribution is 2.40. The van der Waals surface area contributed by atoms with Crippen molar-refractivity contribution in [2.24, 2.45) is 22.2 Å². The molecule has 0 aromatic carbocycles. The van der Waals surface area contributed by atoms with E-state index in [1.54, 1.807) is 0 Å². The van der Waals surface area contributed by atoms with Gasteiger partial charge in [0.1, 0.15) is 18.8 Å². The van der Waals surface area contributed by atoms with Crippen molar-refractivity contribution in [3.05, 3.63) is 0 Å². The Labute approximate surface area is 124 Å². The first-order chi connectivity index (χ1) is 10.2. The minimum Gasteiger partial charge on any atom is -0.447 e. The van der Waals surface area contributed by atoms with Gasteiger partial charge in [0.15, 0.2) is 12.0 Å². The van der Waals surface area contributed by atoms with E-state index in [-0.39, 0.29) is 25.1 Å². The van der Waals surface area contributed by atoms with Crippen LogP contribution in [0.2, 0.25) is 0 Å². The highest BCUT2D eigenvalue weighted by atomic mass is 16.5. The lowest BCUT2D eigenvalue weighted by Crippen LogP contribution is -2.90. The van der Waals surface area contributed by atoms with Crippen LogP contribution in [0.5, 0.6) is 0 Å². The first-order valence-electron chi connectivity index (χ1n) is 6.53. The van der Waals surface area contributed by atoms with Crippen molar-refractivity contribution in [1.29, 1.82) is 0 Å². The summed E-state index contributed by atoms with van der Waals surface area (Å²) in [4.78, 5) is 19.1. The van der Waals surface area contributed by atoms with Gasteiger partial charge in [-0.2, -0.15) is 0 Å². The van der Waals surface area contributed by atoms with Gasteiger partial charge in [0.2, 0.25) is 0 Å². The second-order valence-corrected chi connectivity index (χ2v) is 5.46. The first kappa shape index (κ1) is 14.6. The fourth-order valence-electron chi connectivity index (χ4n) is 3.31. The van der Waals surface area contributed by atoms with Crippen LogP contribution in [-0.4, -0.2) is 81.0 Å². The molecule has 4 atom stereocenters. The fraction of sp³-hybridized carbons (Fsp3) is 0.700. The molecule has 1 amide bonds.